The maximum atomic E-state index is 12.5. The lowest BCUT2D eigenvalue weighted by Crippen LogP contribution is -2.35. The Labute approximate surface area is 144 Å². The minimum absolute atomic E-state index is 0.0583. The third-order valence-electron chi connectivity index (χ3n) is 5.64. The first-order chi connectivity index (χ1) is 11.8. The summed E-state index contributed by atoms with van der Waals surface area (Å²) < 4.78 is 0. The van der Waals surface area contributed by atoms with E-state index in [2.05, 4.69) is 41.7 Å². The average molecular weight is 319 g/mol. The number of amides is 1. The fourth-order valence-corrected chi connectivity index (χ4v) is 4.27. The van der Waals surface area contributed by atoms with Gasteiger partial charge in [-0.05, 0) is 60.4 Å². The fourth-order valence-electron chi connectivity index (χ4n) is 4.27. The van der Waals surface area contributed by atoms with Crippen molar-refractivity contribution in [1.29, 1.82) is 0 Å². The van der Waals surface area contributed by atoms with E-state index in [1.807, 2.05) is 12.1 Å². The van der Waals surface area contributed by atoms with Crippen molar-refractivity contribution >= 4 is 5.91 Å². The molecule has 0 aliphatic heterocycles. The minimum atomic E-state index is 0.0583. The zero-order valence-corrected chi connectivity index (χ0v) is 14.1. The first-order valence-corrected chi connectivity index (χ1v) is 9.27. The molecule has 2 aromatic rings. The number of fused-ring (bicyclic) bond motifs is 1. The zero-order valence-electron chi connectivity index (χ0n) is 14.1. The van der Waals surface area contributed by atoms with Gasteiger partial charge in [0.2, 0.25) is 0 Å². The van der Waals surface area contributed by atoms with Crippen molar-refractivity contribution in [2.75, 3.05) is 0 Å². The van der Waals surface area contributed by atoms with E-state index >= 15 is 0 Å². The molecule has 0 aromatic heterocycles. The standard InChI is InChI=1S/C22H25NO/c24-22(23-21-14-19-8-4-5-9-20(19)15-21)18-12-10-17(11-13-18)16-6-2-1-3-7-16/h4-5,8-13,16,21H,1-3,6-7,14-15H2,(H,23,24). The third kappa shape index (κ3) is 3.24. The summed E-state index contributed by atoms with van der Waals surface area (Å²) >= 11 is 0. The van der Waals surface area contributed by atoms with Gasteiger partial charge in [-0.25, -0.2) is 0 Å². The molecule has 0 unspecified atom stereocenters. The molecule has 1 saturated carbocycles. The third-order valence-corrected chi connectivity index (χ3v) is 5.64. The molecule has 0 bridgehead atoms. The highest BCUT2D eigenvalue weighted by atomic mass is 16.1. The van der Waals surface area contributed by atoms with E-state index in [0.29, 0.717) is 5.92 Å². The first kappa shape index (κ1) is 15.4. The molecule has 2 heteroatoms. The number of rotatable bonds is 3. The molecule has 2 nitrogen and oxygen atoms in total. The van der Waals surface area contributed by atoms with E-state index < -0.39 is 0 Å². The average Bonchev–Trinajstić information content (AvgIpc) is 3.05. The molecule has 2 aliphatic carbocycles. The van der Waals surface area contributed by atoms with Crippen molar-refractivity contribution in [3.8, 4) is 0 Å². The molecule has 1 amide bonds. The highest BCUT2D eigenvalue weighted by Crippen LogP contribution is 2.32. The van der Waals surface area contributed by atoms with Gasteiger partial charge in [-0.15, -0.1) is 0 Å². The maximum absolute atomic E-state index is 12.5. The van der Waals surface area contributed by atoms with Crippen molar-refractivity contribution in [2.24, 2.45) is 0 Å². The van der Waals surface area contributed by atoms with Gasteiger partial charge < -0.3 is 5.32 Å². The van der Waals surface area contributed by atoms with Crippen LogP contribution in [-0.2, 0) is 12.8 Å². The highest BCUT2D eigenvalue weighted by Gasteiger charge is 2.23. The Morgan fingerprint density at radius 3 is 2.08 bits per heavy atom. The minimum Gasteiger partial charge on any atom is -0.349 e. The van der Waals surface area contributed by atoms with Gasteiger partial charge in [0.15, 0.2) is 0 Å². The molecule has 0 saturated heterocycles. The molecule has 1 fully saturated rings. The van der Waals surface area contributed by atoms with Crippen molar-refractivity contribution in [1.82, 2.24) is 5.32 Å². The predicted octanol–water partition coefficient (Wildman–Crippen LogP) is 4.63. The molecule has 2 aromatic carbocycles. The van der Waals surface area contributed by atoms with Crippen LogP contribution in [0, 0.1) is 0 Å². The largest absolute Gasteiger partial charge is 0.349 e. The van der Waals surface area contributed by atoms with Crippen LogP contribution in [0.2, 0.25) is 0 Å². The van der Waals surface area contributed by atoms with Gasteiger partial charge in [-0.3, -0.25) is 4.79 Å². The molecule has 4 rings (SSSR count). The van der Waals surface area contributed by atoms with Crippen LogP contribution in [0.25, 0.3) is 0 Å². The van der Waals surface area contributed by atoms with Gasteiger partial charge in [0.05, 0.1) is 0 Å². The molecule has 2 aliphatic rings. The van der Waals surface area contributed by atoms with E-state index in [-0.39, 0.29) is 11.9 Å². The molecule has 0 spiro atoms. The molecular weight excluding hydrogens is 294 g/mol. The molecular formula is C22H25NO. The van der Waals surface area contributed by atoms with Crippen molar-refractivity contribution < 1.29 is 4.79 Å². The summed E-state index contributed by atoms with van der Waals surface area (Å²) in [6.45, 7) is 0. The zero-order chi connectivity index (χ0) is 16.4. The predicted molar refractivity (Wildman–Crippen MR) is 97.4 cm³/mol. The van der Waals surface area contributed by atoms with E-state index in [9.17, 15) is 4.79 Å². The van der Waals surface area contributed by atoms with Crippen LogP contribution < -0.4 is 5.32 Å². The molecule has 24 heavy (non-hydrogen) atoms. The van der Waals surface area contributed by atoms with Crippen LogP contribution >= 0.6 is 0 Å². The second kappa shape index (κ2) is 6.80. The van der Waals surface area contributed by atoms with Crippen LogP contribution in [0.1, 0.15) is 65.1 Å². The van der Waals surface area contributed by atoms with Gasteiger partial charge in [0.25, 0.3) is 5.91 Å². The number of carbonyl (C=O) groups excluding carboxylic acids is 1. The normalized spacial score (nSPS) is 18.3. The topological polar surface area (TPSA) is 29.1 Å². The fraction of sp³-hybridized carbons (Fsp3) is 0.409. The number of benzene rings is 2. The lowest BCUT2D eigenvalue weighted by molar-refractivity contribution is 0.0938. The van der Waals surface area contributed by atoms with Crippen LogP contribution in [-0.4, -0.2) is 11.9 Å². The van der Waals surface area contributed by atoms with Crippen LogP contribution in [0.3, 0.4) is 0 Å². The highest BCUT2D eigenvalue weighted by molar-refractivity contribution is 5.94. The van der Waals surface area contributed by atoms with Crippen molar-refractivity contribution in [3.63, 3.8) is 0 Å². The Morgan fingerprint density at radius 1 is 0.833 bits per heavy atom. The summed E-state index contributed by atoms with van der Waals surface area (Å²) in [5.74, 6) is 0.753. The lowest BCUT2D eigenvalue weighted by Gasteiger charge is -2.22. The smallest absolute Gasteiger partial charge is 0.251 e. The van der Waals surface area contributed by atoms with Crippen LogP contribution in [0.5, 0.6) is 0 Å². The van der Waals surface area contributed by atoms with Crippen molar-refractivity contribution in [2.45, 2.75) is 56.9 Å². The van der Waals surface area contributed by atoms with Crippen molar-refractivity contribution in [3.05, 3.63) is 70.8 Å². The lowest BCUT2D eigenvalue weighted by atomic mass is 9.84. The van der Waals surface area contributed by atoms with E-state index in [4.69, 9.17) is 0 Å². The van der Waals surface area contributed by atoms with Gasteiger partial charge >= 0.3 is 0 Å². The maximum Gasteiger partial charge on any atom is 0.251 e. The molecule has 0 atom stereocenters. The summed E-state index contributed by atoms with van der Waals surface area (Å²) in [5, 5.41) is 3.20. The molecule has 0 radical (unpaired) electrons. The SMILES string of the molecule is O=C(NC1Cc2ccccc2C1)c1ccc(C2CCCCC2)cc1. The Morgan fingerprint density at radius 2 is 1.46 bits per heavy atom. The number of hydrogen-bond donors (Lipinski definition) is 1. The van der Waals surface area contributed by atoms with Crippen LogP contribution in [0.15, 0.2) is 48.5 Å². The molecule has 0 heterocycles. The van der Waals surface area contributed by atoms with Gasteiger partial charge in [-0.2, -0.15) is 0 Å². The van der Waals surface area contributed by atoms with E-state index in [0.717, 1.165) is 18.4 Å². The Bertz CT molecular complexity index is 688. The number of nitrogens with one attached hydrogen (secondary N) is 1. The monoisotopic (exact) mass is 319 g/mol. The summed E-state index contributed by atoms with van der Waals surface area (Å²) in [6, 6.07) is 17.0. The van der Waals surface area contributed by atoms with Gasteiger partial charge in [0, 0.05) is 11.6 Å². The second-order valence-electron chi connectivity index (χ2n) is 7.30. The second-order valence-corrected chi connectivity index (χ2v) is 7.30. The Balaban J connectivity index is 1.38. The Kier molecular flexibility index (Phi) is 4.38. The van der Waals surface area contributed by atoms with Gasteiger partial charge in [-0.1, -0.05) is 55.7 Å². The van der Waals surface area contributed by atoms with E-state index in [1.54, 1.807) is 0 Å². The Hall–Kier alpha value is -2.09. The first-order valence-electron chi connectivity index (χ1n) is 9.27. The summed E-state index contributed by atoms with van der Waals surface area (Å²) in [6.07, 6.45) is 8.55. The van der Waals surface area contributed by atoms with Crippen LogP contribution in [0.4, 0.5) is 0 Å². The quantitative estimate of drug-likeness (QED) is 0.878. The summed E-state index contributed by atoms with van der Waals surface area (Å²) in [4.78, 5) is 12.5. The van der Waals surface area contributed by atoms with E-state index in [1.165, 1.54) is 48.8 Å². The molecule has 1 N–H and O–H groups in total. The van der Waals surface area contributed by atoms with Gasteiger partial charge in [0.1, 0.15) is 0 Å². The molecule has 124 valence electrons. The summed E-state index contributed by atoms with van der Waals surface area (Å²) in [5.41, 5.74) is 4.93. The summed E-state index contributed by atoms with van der Waals surface area (Å²) in [7, 11) is 0. The number of carbonyl (C=O) groups is 1. The number of hydrogen-bond acceptors (Lipinski definition) is 1.